The Morgan fingerprint density at radius 2 is 1.87 bits per heavy atom. The van der Waals surface area contributed by atoms with Crippen molar-refractivity contribution in [1.82, 2.24) is 4.31 Å². The first-order valence-electron chi connectivity index (χ1n) is 10.7. The van der Waals surface area contributed by atoms with E-state index in [1.54, 1.807) is 11.0 Å². The van der Waals surface area contributed by atoms with Gasteiger partial charge in [0, 0.05) is 24.3 Å². The summed E-state index contributed by atoms with van der Waals surface area (Å²) in [6, 6.07) is 12.4. The van der Waals surface area contributed by atoms with Crippen LogP contribution in [0.4, 0.5) is 5.69 Å². The Morgan fingerprint density at radius 3 is 2.65 bits per heavy atom. The fourth-order valence-corrected chi connectivity index (χ4v) is 5.57. The predicted octanol–water partition coefficient (Wildman–Crippen LogP) is 3.23. The molecule has 0 bridgehead atoms. The molecule has 0 aliphatic carbocycles. The number of hydrogen-bond acceptors (Lipinski definition) is 5. The molecule has 0 N–H and O–H groups in total. The maximum atomic E-state index is 13.5. The van der Waals surface area contributed by atoms with Gasteiger partial charge in [-0.2, -0.15) is 4.31 Å². The Labute approximate surface area is 183 Å². The van der Waals surface area contributed by atoms with E-state index in [2.05, 4.69) is 0 Å². The molecule has 0 saturated carbocycles. The van der Waals surface area contributed by atoms with Crippen molar-refractivity contribution in [2.75, 3.05) is 31.2 Å². The van der Waals surface area contributed by atoms with Crippen LogP contribution < -0.4 is 14.4 Å². The molecule has 2 aliphatic rings. The number of para-hydroxylation sites is 1. The van der Waals surface area contributed by atoms with Crippen LogP contribution in [0.1, 0.15) is 32.3 Å². The summed E-state index contributed by atoms with van der Waals surface area (Å²) in [4.78, 5) is 15.1. The highest BCUT2D eigenvalue weighted by Crippen LogP contribution is 2.34. The summed E-state index contributed by atoms with van der Waals surface area (Å²) >= 11 is 0. The zero-order valence-electron chi connectivity index (χ0n) is 17.9. The number of carbonyl (C=O) groups is 1. The molecule has 0 aromatic heterocycles. The highest BCUT2D eigenvalue weighted by molar-refractivity contribution is 7.89. The minimum absolute atomic E-state index is 0.00470. The van der Waals surface area contributed by atoms with Crippen LogP contribution in [0.5, 0.6) is 11.5 Å². The first-order valence-corrected chi connectivity index (χ1v) is 12.2. The zero-order chi connectivity index (χ0) is 22.0. The Kier molecular flexibility index (Phi) is 6.20. The van der Waals surface area contributed by atoms with Crippen molar-refractivity contribution in [3.8, 4) is 11.5 Å². The van der Waals surface area contributed by atoms with E-state index in [1.807, 2.05) is 38.1 Å². The average Bonchev–Trinajstić information content (AvgIpc) is 3.11. The van der Waals surface area contributed by atoms with Gasteiger partial charge in [-0.15, -0.1) is 0 Å². The second-order valence-electron chi connectivity index (χ2n) is 7.94. The van der Waals surface area contributed by atoms with Gasteiger partial charge in [0.05, 0.1) is 11.4 Å². The van der Waals surface area contributed by atoms with E-state index >= 15 is 0 Å². The first kappa shape index (κ1) is 21.6. The quantitative estimate of drug-likeness (QED) is 0.655. The normalized spacial score (nSPS) is 17.6. The number of benzene rings is 2. The number of ether oxygens (including phenoxy) is 2. The van der Waals surface area contributed by atoms with Gasteiger partial charge in [0.1, 0.15) is 13.2 Å². The van der Waals surface area contributed by atoms with Crippen molar-refractivity contribution in [3.05, 3.63) is 48.0 Å². The molecule has 0 saturated heterocycles. The number of hydrogen-bond donors (Lipinski definition) is 0. The number of anilines is 1. The summed E-state index contributed by atoms with van der Waals surface area (Å²) in [7, 11) is -3.88. The summed E-state index contributed by atoms with van der Waals surface area (Å²) in [6.45, 7) is 4.88. The highest BCUT2D eigenvalue weighted by Gasteiger charge is 2.34. The fraction of sp³-hybridized carbons (Fsp3) is 0.435. The van der Waals surface area contributed by atoms with Crippen LogP contribution in [0, 0.1) is 0 Å². The molecular weight excluding hydrogens is 416 g/mol. The molecule has 0 unspecified atom stereocenters. The minimum Gasteiger partial charge on any atom is -0.486 e. The Hall–Kier alpha value is -2.58. The predicted molar refractivity (Wildman–Crippen MR) is 118 cm³/mol. The van der Waals surface area contributed by atoms with Crippen LogP contribution >= 0.6 is 0 Å². The van der Waals surface area contributed by atoms with E-state index in [-0.39, 0.29) is 29.9 Å². The van der Waals surface area contributed by atoms with Crippen LogP contribution in [0.3, 0.4) is 0 Å². The van der Waals surface area contributed by atoms with E-state index in [9.17, 15) is 13.2 Å². The Bertz CT molecular complexity index is 1070. The lowest BCUT2D eigenvalue weighted by Gasteiger charge is -2.28. The second-order valence-corrected chi connectivity index (χ2v) is 9.88. The minimum atomic E-state index is -3.88. The van der Waals surface area contributed by atoms with Crippen molar-refractivity contribution in [2.24, 2.45) is 0 Å². The third kappa shape index (κ3) is 4.27. The number of fused-ring (bicyclic) bond motifs is 2. The standard InChI is InChI=1S/C23H28N2O5S/c1-3-4-11-24(16-23(26)25-17(2)14-18-7-5-6-8-20(18)25)31(27,28)19-9-10-21-22(15-19)30-13-12-29-21/h5-10,15,17H,3-4,11-14,16H2,1-2H3/t17-/m0/s1. The summed E-state index contributed by atoms with van der Waals surface area (Å²) in [5, 5.41) is 0. The Morgan fingerprint density at radius 1 is 1.13 bits per heavy atom. The van der Waals surface area contributed by atoms with Gasteiger partial charge < -0.3 is 14.4 Å². The number of carbonyl (C=O) groups excluding carboxylic acids is 1. The largest absolute Gasteiger partial charge is 0.486 e. The molecular formula is C23H28N2O5S. The van der Waals surface area contributed by atoms with Crippen LogP contribution in [0.25, 0.3) is 0 Å². The van der Waals surface area contributed by atoms with Gasteiger partial charge in [-0.05, 0) is 43.5 Å². The lowest BCUT2D eigenvalue weighted by molar-refractivity contribution is -0.119. The molecule has 0 radical (unpaired) electrons. The van der Waals surface area contributed by atoms with Crippen LogP contribution in [-0.2, 0) is 21.2 Å². The third-order valence-corrected chi connectivity index (χ3v) is 7.54. The molecule has 7 nitrogen and oxygen atoms in total. The molecule has 8 heteroatoms. The number of sulfonamides is 1. The zero-order valence-corrected chi connectivity index (χ0v) is 18.7. The topological polar surface area (TPSA) is 76.2 Å². The van der Waals surface area contributed by atoms with Gasteiger partial charge in [0.2, 0.25) is 15.9 Å². The molecule has 31 heavy (non-hydrogen) atoms. The average molecular weight is 445 g/mol. The lowest BCUT2D eigenvalue weighted by Crippen LogP contribution is -2.45. The van der Waals surface area contributed by atoms with Gasteiger partial charge in [0.15, 0.2) is 11.5 Å². The van der Waals surface area contributed by atoms with Crippen molar-refractivity contribution in [2.45, 2.75) is 44.0 Å². The monoisotopic (exact) mass is 444 g/mol. The lowest BCUT2D eigenvalue weighted by atomic mass is 10.1. The highest BCUT2D eigenvalue weighted by atomic mass is 32.2. The molecule has 0 spiro atoms. The number of amides is 1. The van der Waals surface area contributed by atoms with E-state index in [0.29, 0.717) is 31.1 Å². The molecule has 2 aliphatic heterocycles. The fourth-order valence-electron chi connectivity index (χ4n) is 4.12. The molecule has 2 heterocycles. The smallest absolute Gasteiger partial charge is 0.243 e. The van der Waals surface area contributed by atoms with Gasteiger partial charge in [0.25, 0.3) is 0 Å². The summed E-state index contributed by atoms with van der Waals surface area (Å²) < 4.78 is 39.3. The van der Waals surface area contributed by atoms with Crippen molar-refractivity contribution in [1.29, 1.82) is 0 Å². The number of nitrogens with zero attached hydrogens (tertiary/aromatic N) is 2. The molecule has 1 atom stereocenters. The summed E-state index contributed by atoms with van der Waals surface area (Å²) in [5.41, 5.74) is 1.98. The molecule has 2 aromatic carbocycles. The second kappa shape index (κ2) is 8.88. The third-order valence-electron chi connectivity index (χ3n) is 5.70. The van der Waals surface area contributed by atoms with E-state index < -0.39 is 10.0 Å². The van der Waals surface area contributed by atoms with Gasteiger partial charge in [-0.3, -0.25) is 4.79 Å². The molecule has 1 amide bonds. The van der Waals surface area contributed by atoms with Gasteiger partial charge >= 0.3 is 0 Å². The van der Waals surface area contributed by atoms with Crippen LogP contribution in [-0.4, -0.2) is 51.0 Å². The summed E-state index contributed by atoms with van der Waals surface area (Å²) in [6.07, 6.45) is 2.26. The van der Waals surface area contributed by atoms with Crippen molar-refractivity contribution in [3.63, 3.8) is 0 Å². The van der Waals surface area contributed by atoms with E-state index in [1.165, 1.54) is 16.4 Å². The molecule has 166 valence electrons. The SMILES string of the molecule is CCCCN(CC(=O)N1c2ccccc2C[C@@H]1C)S(=O)(=O)c1ccc2c(c1)OCCO2. The maximum Gasteiger partial charge on any atom is 0.243 e. The van der Waals surface area contributed by atoms with Gasteiger partial charge in [-0.25, -0.2) is 8.42 Å². The van der Waals surface area contributed by atoms with Crippen LogP contribution in [0.15, 0.2) is 47.4 Å². The summed E-state index contributed by atoms with van der Waals surface area (Å²) in [5.74, 6) is 0.731. The first-order chi connectivity index (χ1) is 14.9. The van der Waals surface area contributed by atoms with Crippen molar-refractivity contribution < 1.29 is 22.7 Å². The Balaban J connectivity index is 1.60. The molecule has 2 aromatic rings. The van der Waals surface area contributed by atoms with Crippen molar-refractivity contribution >= 4 is 21.6 Å². The number of rotatable bonds is 7. The molecule has 0 fully saturated rings. The maximum absolute atomic E-state index is 13.5. The molecule has 4 rings (SSSR count). The van der Waals surface area contributed by atoms with E-state index in [0.717, 1.165) is 24.1 Å². The van der Waals surface area contributed by atoms with Gasteiger partial charge in [-0.1, -0.05) is 31.5 Å². The van der Waals surface area contributed by atoms with Crippen LogP contribution in [0.2, 0.25) is 0 Å². The number of unbranched alkanes of at least 4 members (excludes halogenated alkanes) is 1. The van der Waals surface area contributed by atoms with E-state index in [4.69, 9.17) is 9.47 Å².